The third kappa shape index (κ3) is 4.00. The molecule has 3 fully saturated rings. The predicted molar refractivity (Wildman–Crippen MR) is 125 cm³/mol. The van der Waals surface area contributed by atoms with Gasteiger partial charge in [-0.1, -0.05) is 55.2 Å². The van der Waals surface area contributed by atoms with Gasteiger partial charge in [-0.15, -0.1) is 0 Å². The van der Waals surface area contributed by atoms with Gasteiger partial charge in [-0.25, -0.2) is 0 Å². The van der Waals surface area contributed by atoms with Gasteiger partial charge in [0.2, 0.25) is 0 Å². The lowest BCUT2D eigenvalue weighted by atomic mass is 9.85. The molecule has 7 heteroatoms. The van der Waals surface area contributed by atoms with Crippen molar-refractivity contribution in [1.29, 1.82) is 0 Å². The average molecular weight is 548 g/mol. The van der Waals surface area contributed by atoms with E-state index in [4.69, 9.17) is 32.7 Å². The number of alkyl halides is 1. The van der Waals surface area contributed by atoms with E-state index in [-0.39, 0.29) is 26.8 Å². The molecule has 0 spiro atoms. The molecule has 2 unspecified atom stereocenters. The van der Waals surface area contributed by atoms with Crippen LogP contribution < -0.4 is 0 Å². The van der Waals surface area contributed by atoms with Crippen LogP contribution in [0.25, 0.3) is 0 Å². The van der Waals surface area contributed by atoms with Gasteiger partial charge in [-0.05, 0) is 50.7 Å². The summed E-state index contributed by atoms with van der Waals surface area (Å²) in [5, 5.41) is 14.3. The van der Waals surface area contributed by atoms with Gasteiger partial charge in [-0.2, -0.15) is 0 Å². The summed E-state index contributed by atoms with van der Waals surface area (Å²) >= 11 is 12.8. The van der Waals surface area contributed by atoms with Gasteiger partial charge in [-0.3, -0.25) is 0 Å². The zero-order valence-electron chi connectivity index (χ0n) is 16.0. The third-order valence-electron chi connectivity index (χ3n) is 6.46. The SMILES string of the molecule is ON=C1C2CCC1CC(OCC1=C(C3CC3)OCI=C1c1c(Cl)cccc1Cl)C2. The van der Waals surface area contributed by atoms with Crippen molar-refractivity contribution in [3.8, 4) is 0 Å². The Hall–Kier alpha value is -0.630. The fraction of sp³-hybridized carbons (Fsp3) is 0.545. The number of ether oxygens (including phenoxy) is 2. The van der Waals surface area contributed by atoms with Crippen molar-refractivity contribution in [3.63, 3.8) is 0 Å². The molecule has 1 N–H and O–H groups in total. The maximum atomic E-state index is 9.31. The minimum Gasteiger partial charge on any atom is -0.487 e. The summed E-state index contributed by atoms with van der Waals surface area (Å²) in [7, 11) is 0. The van der Waals surface area contributed by atoms with Crippen LogP contribution in [0.4, 0.5) is 0 Å². The Morgan fingerprint density at radius 3 is 2.34 bits per heavy atom. The maximum Gasteiger partial charge on any atom is 0.134 e. The number of benzene rings is 1. The molecule has 1 aromatic carbocycles. The standard InChI is InChI=1S/C22H24Cl2INO3/c23-17-2-1-3-18(24)19(17)20-16(22(12-4-5-12)29-11-25-20)10-28-15-8-13-6-7-14(9-15)21(13)26-27/h1-3,12-15,27H,4-11H2. The summed E-state index contributed by atoms with van der Waals surface area (Å²) in [5.41, 5.74) is 3.15. The molecule has 1 heterocycles. The Kier molecular flexibility index (Phi) is 5.93. The molecule has 156 valence electrons. The van der Waals surface area contributed by atoms with Gasteiger partial charge in [0.25, 0.3) is 0 Å². The molecule has 1 aromatic rings. The van der Waals surface area contributed by atoms with Gasteiger partial charge in [0, 0.05) is 32.4 Å². The maximum absolute atomic E-state index is 9.31. The fourth-order valence-corrected chi connectivity index (χ4v) is 8.48. The molecule has 0 aromatic heterocycles. The molecule has 4 nitrogen and oxygen atoms in total. The van der Waals surface area contributed by atoms with E-state index >= 15 is 0 Å². The molecule has 2 atom stereocenters. The fourth-order valence-electron chi connectivity index (χ4n) is 4.93. The van der Waals surface area contributed by atoms with Gasteiger partial charge in [0.15, 0.2) is 0 Å². The van der Waals surface area contributed by atoms with Crippen molar-refractivity contribution in [1.82, 2.24) is 0 Å². The van der Waals surface area contributed by atoms with Crippen molar-refractivity contribution >= 4 is 53.2 Å². The zero-order valence-corrected chi connectivity index (χ0v) is 19.7. The molecule has 5 rings (SSSR count). The van der Waals surface area contributed by atoms with E-state index in [1.165, 1.54) is 21.9 Å². The normalized spacial score (nSPS) is 29.2. The monoisotopic (exact) mass is 547 g/mol. The minimum absolute atomic E-state index is 0.203. The predicted octanol–water partition coefficient (Wildman–Crippen LogP) is 6.17. The highest BCUT2D eigenvalue weighted by molar-refractivity contribution is 14.2. The van der Waals surface area contributed by atoms with E-state index in [9.17, 15) is 5.21 Å². The largest absolute Gasteiger partial charge is 0.487 e. The Labute approximate surface area is 191 Å². The smallest absolute Gasteiger partial charge is 0.134 e. The van der Waals surface area contributed by atoms with Crippen LogP contribution in [0.2, 0.25) is 10.0 Å². The quantitative estimate of drug-likeness (QED) is 0.207. The summed E-state index contributed by atoms with van der Waals surface area (Å²) in [6.07, 6.45) is 6.69. The number of rotatable bonds is 5. The molecule has 2 bridgehead atoms. The highest BCUT2D eigenvalue weighted by atomic mass is 127. The summed E-state index contributed by atoms with van der Waals surface area (Å²) in [6.45, 7) is 0.554. The number of oxime groups is 1. The second-order valence-electron chi connectivity index (χ2n) is 8.32. The first-order valence-electron chi connectivity index (χ1n) is 10.3. The molecule has 0 amide bonds. The molecule has 3 aliphatic carbocycles. The van der Waals surface area contributed by atoms with Crippen LogP contribution in [0.3, 0.4) is 0 Å². The molecule has 29 heavy (non-hydrogen) atoms. The van der Waals surface area contributed by atoms with Crippen LogP contribution in [0, 0.1) is 17.8 Å². The summed E-state index contributed by atoms with van der Waals surface area (Å²) < 4.78 is 14.7. The van der Waals surface area contributed by atoms with Crippen molar-refractivity contribution in [3.05, 3.63) is 45.1 Å². The van der Waals surface area contributed by atoms with Crippen molar-refractivity contribution in [2.24, 2.45) is 22.9 Å². The van der Waals surface area contributed by atoms with Crippen molar-refractivity contribution in [2.45, 2.75) is 44.6 Å². The summed E-state index contributed by atoms with van der Waals surface area (Å²) in [4.78, 5) is 0. The summed E-state index contributed by atoms with van der Waals surface area (Å²) in [5.74, 6) is 2.37. The number of hydrogen-bond donors (Lipinski definition) is 1. The molecule has 3 saturated carbocycles. The van der Waals surface area contributed by atoms with Crippen LogP contribution in [-0.4, -0.2) is 31.8 Å². The molecule has 0 radical (unpaired) electrons. The highest BCUT2D eigenvalue weighted by Crippen LogP contribution is 2.45. The van der Waals surface area contributed by atoms with E-state index in [1.54, 1.807) is 0 Å². The van der Waals surface area contributed by atoms with Gasteiger partial charge in [0.05, 0.1) is 28.5 Å². The van der Waals surface area contributed by atoms with Gasteiger partial charge in [0.1, 0.15) is 10.4 Å². The Balaban J connectivity index is 1.39. The number of fused-ring (bicyclic) bond motifs is 2. The van der Waals surface area contributed by atoms with Crippen molar-refractivity contribution < 1.29 is 14.7 Å². The van der Waals surface area contributed by atoms with E-state index in [2.05, 4.69) is 5.16 Å². The lowest BCUT2D eigenvalue weighted by Crippen LogP contribution is -2.32. The van der Waals surface area contributed by atoms with Crippen LogP contribution in [0.15, 0.2) is 34.7 Å². The van der Waals surface area contributed by atoms with E-state index in [0.717, 1.165) is 47.3 Å². The van der Waals surface area contributed by atoms with Crippen LogP contribution >= 0.6 is 43.9 Å². The molecule has 4 aliphatic rings. The van der Waals surface area contributed by atoms with Gasteiger partial charge < -0.3 is 14.7 Å². The number of nitrogens with zero attached hydrogens (tertiary/aromatic N) is 1. The highest BCUT2D eigenvalue weighted by Gasteiger charge is 2.41. The van der Waals surface area contributed by atoms with E-state index in [1.807, 2.05) is 18.2 Å². The van der Waals surface area contributed by atoms with E-state index in [0.29, 0.717) is 34.4 Å². The lowest BCUT2D eigenvalue weighted by molar-refractivity contribution is 0.0431. The number of hydrogen-bond acceptors (Lipinski definition) is 4. The lowest BCUT2D eigenvalue weighted by Gasteiger charge is -2.30. The third-order valence-corrected chi connectivity index (χ3v) is 9.67. The van der Waals surface area contributed by atoms with Crippen LogP contribution in [0.1, 0.15) is 44.1 Å². The molecular formula is C22H24Cl2INO3. The average Bonchev–Trinajstić information content (AvgIpc) is 3.52. The Bertz CT molecular complexity index is 873. The Morgan fingerprint density at radius 2 is 1.72 bits per heavy atom. The zero-order chi connectivity index (χ0) is 20.0. The van der Waals surface area contributed by atoms with Gasteiger partial charge >= 0.3 is 0 Å². The molecular weight excluding hydrogens is 524 g/mol. The number of halogens is 3. The molecule has 1 aliphatic heterocycles. The van der Waals surface area contributed by atoms with E-state index < -0.39 is 0 Å². The number of allylic oxidation sites excluding steroid dienone is 1. The first-order chi connectivity index (χ1) is 14.2. The van der Waals surface area contributed by atoms with Crippen LogP contribution in [-0.2, 0) is 9.47 Å². The Morgan fingerprint density at radius 1 is 1.07 bits per heavy atom. The molecule has 0 saturated heterocycles. The first-order valence-corrected chi connectivity index (χ1v) is 13.6. The van der Waals surface area contributed by atoms with Crippen LogP contribution in [0.5, 0.6) is 0 Å². The second-order valence-corrected chi connectivity index (χ2v) is 11.6. The van der Waals surface area contributed by atoms with Crippen molar-refractivity contribution in [2.75, 3.05) is 11.2 Å². The topological polar surface area (TPSA) is 51.1 Å². The summed E-state index contributed by atoms with van der Waals surface area (Å²) in [6, 6.07) is 5.73. The minimum atomic E-state index is -0.340. The first kappa shape index (κ1) is 20.3. The second kappa shape index (κ2) is 8.48.